The molecule has 0 saturated heterocycles. The lowest BCUT2D eigenvalue weighted by atomic mass is 10.0. The van der Waals surface area contributed by atoms with Crippen molar-refractivity contribution in [2.45, 2.75) is 43.6 Å². The van der Waals surface area contributed by atoms with Gasteiger partial charge in [-0.15, -0.1) is 10.2 Å². The van der Waals surface area contributed by atoms with Crippen LogP contribution in [-0.4, -0.2) is 21.2 Å². The summed E-state index contributed by atoms with van der Waals surface area (Å²) in [6.45, 7) is 4.09. The topological polar surface area (TPSA) is 56.0 Å². The second kappa shape index (κ2) is 7.08. The van der Waals surface area contributed by atoms with Crippen LogP contribution in [0.5, 0.6) is 0 Å². The quantitative estimate of drug-likeness (QED) is 0.610. The van der Waals surface area contributed by atoms with E-state index >= 15 is 0 Å². The molecule has 0 bridgehead atoms. The first kappa shape index (κ1) is 17.0. The number of carbonyl (C=O) groups is 1. The number of thioether (sulfide) groups is 1. The third-order valence-electron chi connectivity index (χ3n) is 4.61. The third-order valence-corrected chi connectivity index (χ3v) is 5.71. The van der Waals surface area contributed by atoms with Crippen LogP contribution >= 0.6 is 11.8 Å². The van der Waals surface area contributed by atoms with E-state index < -0.39 is 0 Å². The first-order chi connectivity index (χ1) is 12.6. The second-order valence-electron chi connectivity index (χ2n) is 6.77. The minimum absolute atomic E-state index is 0.161. The molecule has 1 atom stereocenters. The Kier molecular flexibility index (Phi) is 4.64. The summed E-state index contributed by atoms with van der Waals surface area (Å²) in [6, 6.07) is 14.1. The Morgan fingerprint density at radius 2 is 1.85 bits per heavy atom. The van der Waals surface area contributed by atoms with Gasteiger partial charge in [-0.25, -0.2) is 0 Å². The van der Waals surface area contributed by atoms with Crippen LogP contribution in [-0.2, 0) is 6.42 Å². The van der Waals surface area contributed by atoms with Gasteiger partial charge in [-0.05, 0) is 50.8 Å². The van der Waals surface area contributed by atoms with E-state index in [1.165, 1.54) is 11.8 Å². The van der Waals surface area contributed by atoms with E-state index in [1.54, 1.807) is 0 Å². The summed E-state index contributed by atoms with van der Waals surface area (Å²) >= 11 is 1.38. The molecule has 2 aromatic carbocycles. The van der Waals surface area contributed by atoms with Crippen molar-refractivity contribution in [3.63, 3.8) is 0 Å². The molecule has 1 aromatic heterocycles. The average molecular weight is 364 g/mol. The Morgan fingerprint density at radius 3 is 2.65 bits per heavy atom. The van der Waals surface area contributed by atoms with E-state index in [9.17, 15) is 4.79 Å². The lowest BCUT2D eigenvalue weighted by Crippen LogP contribution is -2.16. The highest BCUT2D eigenvalue weighted by Crippen LogP contribution is 2.33. The van der Waals surface area contributed by atoms with Crippen LogP contribution in [0.1, 0.15) is 39.9 Å². The predicted molar refractivity (Wildman–Crippen MR) is 103 cm³/mol. The molecular formula is C21H20N2O2S. The van der Waals surface area contributed by atoms with Gasteiger partial charge in [0.25, 0.3) is 5.22 Å². The highest BCUT2D eigenvalue weighted by Gasteiger charge is 2.28. The van der Waals surface area contributed by atoms with Crippen molar-refractivity contribution in [3.8, 4) is 11.5 Å². The summed E-state index contributed by atoms with van der Waals surface area (Å²) < 4.78 is 5.85. The maximum atomic E-state index is 12.9. The molecule has 5 heteroatoms. The Labute approximate surface area is 157 Å². The van der Waals surface area contributed by atoms with Crippen LogP contribution in [0.15, 0.2) is 52.1 Å². The summed E-state index contributed by atoms with van der Waals surface area (Å²) in [7, 11) is 0. The van der Waals surface area contributed by atoms with E-state index in [1.807, 2.05) is 50.2 Å². The number of aryl methyl sites for hydroxylation is 3. The molecule has 0 radical (unpaired) electrons. The van der Waals surface area contributed by atoms with Gasteiger partial charge in [0, 0.05) is 11.1 Å². The molecule has 26 heavy (non-hydrogen) atoms. The van der Waals surface area contributed by atoms with Gasteiger partial charge in [-0.1, -0.05) is 53.2 Å². The third kappa shape index (κ3) is 3.44. The molecule has 1 unspecified atom stereocenters. The molecule has 3 aromatic rings. The Bertz CT molecular complexity index is 944. The number of carbonyl (C=O) groups excluding carboxylic acids is 1. The summed E-state index contributed by atoms with van der Waals surface area (Å²) in [5.74, 6) is 0.662. The maximum absolute atomic E-state index is 12.9. The second-order valence-corrected chi connectivity index (χ2v) is 7.92. The van der Waals surface area contributed by atoms with Gasteiger partial charge < -0.3 is 4.42 Å². The van der Waals surface area contributed by atoms with Crippen LogP contribution in [0, 0.1) is 13.8 Å². The van der Waals surface area contributed by atoms with Crippen LogP contribution < -0.4 is 0 Å². The number of ketones is 1. The average Bonchev–Trinajstić information content (AvgIpc) is 3.02. The molecule has 1 heterocycles. The fraction of sp³-hybridized carbons (Fsp3) is 0.286. The molecular weight excluding hydrogens is 344 g/mol. The molecule has 0 spiro atoms. The van der Waals surface area contributed by atoms with E-state index in [2.05, 4.69) is 16.3 Å². The van der Waals surface area contributed by atoms with Gasteiger partial charge >= 0.3 is 0 Å². The number of fused-ring (bicyclic) bond motifs is 1. The minimum atomic E-state index is -0.175. The molecule has 0 saturated carbocycles. The number of benzene rings is 2. The first-order valence-corrected chi connectivity index (χ1v) is 9.69. The summed E-state index contributed by atoms with van der Waals surface area (Å²) in [5.41, 5.74) is 5.20. The highest BCUT2D eigenvalue weighted by atomic mass is 32.2. The van der Waals surface area contributed by atoms with Gasteiger partial charge in [0.2, 0.25) is 5.89 Å². The molecule has 132 valence electrons. The number of hydrogen-bond donors (Lipinski definition) is 0. The lowest BCUT2D eigenvalue weighted by molar-refractivity contribution is 0.0988. The molecule has 4 nitrogen and oxygen atoms in total. The van der Waals surface area contributed by atoms with E-state index in [-0.39, 0.29) is 11.0 Å². The molecule has 0 aliphatic heterocycles. The fourth-order valence-corrected chi connectivity index (χ4v) is 4.44. The number of Topliss-reactive ketones (excluding diaryl/α,β-unsaturated/α-hetero) is 1. The monoisotopic (exact) mass is 364 g/mol. The standard InChI is InChI=1S/C21H20N2O2S/c1-13-10-14(2)12-16(11-13)20-22-23-21(25-20)26-18-9-5-7-15-6-3-4-8-17(15)19(18)24/h3-4,6,8,10-12,18H,5,7,9H2,1-2H3. The smallest absolute Gasteiger partial charge is 0.277 e. The Balaban J connectivity index is 1.57. The van der Waals surface area contributed by atoms with Crippen LogP contribution in [0.3, 0.4) is 0 Å². The number of hydrogen-bond acceptors (Lipinski definition) is 5. The summed E-state index contributed by atoms with van der Waals surface area (Å²) in [5, 5.41) is 8.62. The van der Waals surface area contributed by atoms with E-state index in [0.717, 1.165) is 47.1 Å². The van der Waals surface area contributed by atoms with Crippen LogP contribution in [0.2, 0.25) is 0 Å². The van der Waals surface area contributed by atoms with Crippen molar-refractivity contribution in [2.24, 2.45) is 0 Å². The molecule has 1 aliphatic rings. The van der Waals surface area contributed by atoms with E-state index in [0.29, 0.717) is 11.1 Å². The number of rotatable bonds is 3. The van der Waals surface area contributed by atoms with Crippen molar-refractivity contribution in [1.29, 1.82) is 0 Å². The first-order valence-electron chi connectivity index (χ1n) is 8.81. The van der Waals surface area contributed by atoms with Crippen molar-refractivity contribution in [2.75, 3.05) is 0 Å². The van der Waals surface area contributed by atoms with Gasteiger partial charge in [-0.3, -0.25) is 4.79 Å². The minimum Gasteiger partial charge on any atom is -0.411 e. The van der Waals surface area contributed by atoms with Gasteiger partial charge in [0.05, 0.1) is 5.25 Å². The number of nitrogens with zero attached hydrogens (tertiary/aromatic N) is 2. The number of aromatic nitrogens is 2. The maximum Gasteiger partial charge on any atom is 0.277 e. The van der Waals surface area contributed by atoms with Gasteiger partial charge in [-0.2, -0.15) is 0 Å². The fourth-order valence-electron chi connectivity index (χ4n) is 3.47. The van der Waals surface area contributed by atoms with Gasteiger partial charge in [0.15, 0.2) is 5.78 Å². The molecule has 0 fully saturated rings. The molecule has 1 aliphatic carbocycles. The summed E-state index contributed by atoms with van der Waals surface area (Å²) in [6.07, 6.45) is 2.74. The van der Waals surface area contributed by atoms with Crippen molar-refractivity contribution in [1.82, 2.24) is 10.2 Å². The van der Waals surface area contributed by atoms with E-state index in [4.69, 9.17) is 4.42 Å². The van der Waals surface area contributed by atoms with Crippen LogP contribution in [0.25, 0.3) is 11.5 Å². The molecule has 0 amide bonds. The van der Waals surface area contributed by atoms with Crippen LogP contribution in [0.4, 0.5) is 0 Å². The SMILES string of the molecule is Cc1cc(C)cc(-c2nnc(SC3CCCc4ccccc4C3=O)o2)c1. The zero-order chi connectivity index (χ0) is 18.1. The lowest BCUT2D eigenvalue weighted by Gasteiger charge is -2.10. The molecule has 0 N–H and O–H groups in total. The zero-order valence-electron chi connectivity index (χ0n) is 14.9. The summed E-state index contributed by atoms with van der Waals surface area (Å²) in [4.78, 5) is 12.9. The van der Waals surface area contributed by atoms with Crippen molar-refractivity contribution >= 4 is 17.5 Å². The highest BCUT2D eigenvalue weighted by molar-refractivity contribution is 8.00. The normalized spacial score (nSPS) is 17.0. The van der Waals surface area contributed by atoms with Gasteiger partial charge in [0.1, 0.15) is 0 Å². The Morgan fingerprint density at radius 1 is 1.08 bits per heavy atom. The zero-order valence-corrected chi connectivity index (χ0v) is 15.7. The Hall–Kier alpha value is -2.40. The van der Waals surface area contributed by atoms with Crippen molar-refractivity contribution in [3.05, 3.63) is 64.7 Å². The van der Waals surface area contributed by atoms with Crippen molar-refractivity contribution < 1.29 is 9.21 Å². The molecule has 4 rings (SSSR count). The predicted octanol–water partition coefficient (Wildman–Crippen LogP) is 5.03. The largest absolute Gasteiger partial charge is 0.411 e.